The van der Waals surface area contributed by atoms with Gasteiger partial charge in [-0.25, -0.2) is 0 Å². The monoisotopic (exact) mass is 128 g/mol. The summed E-state index contributed by atoms with van der Waals surface area (Å²) < 4.78 is 0. The second-order valence-corrected chi connectivity index (χ2v) is 2.04. The highest BCUT2D eigenvalue weighted by molar-refractivity contribution is 5.52. The van der Waals surface area contributed by atoms with E-state index in [1.807, 2.05) is 0 Å². The lowest BCUT2D eigenvalue weighted by Crippen LogP contribution is -2.28. The van der Waals surface area contributed by atoms with E-state index in [-0.39, 0.29) is 0 Å². The third kappa shape index (κ3) is 4.15. The van der Waals surface area contributed by atoms with Gasteiger partial charge in [-0.2, -0.15) is 0 Å². The molecule has 0 aliphatic heterocycles. The Balaban J connectivity index is 3.19. The minimum absolute atomic E-state index is 0.367. The van der Waals surface area contributed by atoms with Gasteiger partial charge in [0.1, 0.15) is 0 Å². The fourth-order valence-corrected chi connectivity index (χ4v) is 0.763. The molecule has 0 heterocycles. The highest BCUT2D eigenvalue weighted by Gasteiger charge is 1.98. The molecule has 0 aromatic heterocycles. The lowest BCUT2D eigenvalue weighted by atomic mass is 10.2. The molecule has 0 amide bonds. The maximum absolute atomic E-state index is 9.75. The summed E-state index contributed by atoms with van der Waals surface area (Å²) in [6.07, 6.45) is 3.97. The molecule has 0 aliphatic carbocycles. The highest BCUT2D eigenvalue weighted by atomic mass is 16.1. The van der Waals surface area contributed by atoms with E-state index < -0.39 is 0 Å². The van der Waals surface area contributed by atoms with Crippen molar-refractivity contribution in [2.75, 3.05) is 6.54 Å². The van der Waals surface area contributed by atoms with Gasteiger partial charge in [0.05, 0.1) is 6.54 Å². The van der Waals surface area contributed by atoms with Crippen LogP contribution in [0.1, 0.15) is 26.7 Å². The third-order valence-electron chi connectivity index (χ3n) is 1.45. The predicted octanol–water partition coefficient (Wildman–Crippen LogP) is 0.874. The topological polar surface area (TPSA) is 29.1 Å². The second kappa shape index (κ2) is 5.76. The van der Waals surface area contributed by atoms with Crippen molar-refractivity contribution in [3.63, 3.8) is 0 Å². The zero-order valence-corrected chi connectivity index (χ0v) is 6.11. The van der Waals surface area contributed by atoms with E-state index in [9.17, 15) is 4.79 Å². The minimum atomic E-state index is 0.367. The van der Waals surface area contributed by atoms with Crippen LogP contribution in [0.15, 0.2) is 0 Å². The molecule has 0 aromatic rings. The molecule has 0 fully saturated rings. The molecule has 0 rings (SSSR count). The van der Waals surface area contributed by atoms with Crippen LogP contribution < -0.4 is 5.32 Å². The Morgan fingerprint density at radius 2 is 2.00 bits per heavy atom. The van der Waals surface area contributed by atoms with Gasteiger partial charge in [-0.3, -0.25) is 4.79 Å². The first kappa shape index (κ1) is 8.63. The zero-order chi connectivity index (χ0) is 7.11. The molecule has 1 N–H and O–H groups in total. The van der Waals surface area contributed by atoms with E-state index in [1.165, 1.54) is 0 Å². The summed E-state index contributed by atoms with van der Waals surface area (Å²) in [4.78, 5) is 9.75. The summed E-state index contributed by atoms with van der Waals surface area (Å²) in [6.45, 7) is 4.57. The van der Waals surface area contributed by atoms with E-state index in [0.717, 1.165) is 12.8 Å². The van der Waals surface area contributed by atoms with Gasteiger partial charge in [0.25, 0.3) is 0 Å². The van der Waals surface area contributed by atoms with Gasteiger partial charge in [-0.1, -0.05) is 13.8 Å². The molecule has 0 aromatic carbocycles. The first-order chi connectivity index (χ1) is 4.35. The van der Waals surface area contributed by atoms with Crippen LogP contribution in [0.2, 0.25) is 0 Å². The molecule has 0 unspecified atom stereocenters. The molecular weight excluding hydrogens is 114 g/mol. The van der Waals surface area contributed by atoms with E-state index >= 15 is 0 Å². The van der Waals surface area contributed by atoms with Crippen molar-refractivity contribution < 1.29 is 4.79 Å². The van der Waals surface area contributed by atoms with Crippen LogP contribution in [0.3, 0.4) is 0 Å². The van der Waals surface area contributed by atoms with Gasteiger partial charge in [0, 0.05) is 6.04 Å². The highest BCUT2D eigenvalue weighted by Crippen LogP contribution is 1.93. The largest absolute Gasteiger partial charge is 0.307 e. The third-order valence-corrected chi connectivity index (χ3v) is 1.45. The molecule has 0 saturated heterocycles. The van der Waals surface area contributed by atoms with Crippen molar-refractivity contribution in [3.8, 4) is 0 Å². The first-order valence-electron chi connectivity index (χ1n) is 3.43. The van der Waals surface area contributed by atoms with Gasteiger partial charge in [-0.15, -0.1) is 0 Å². The Bertz CT molecular complexity index is 69.3. The number of carbonyl (C=O) groups excluding carboxylic acids is 1. The van der Waals surface area contributed by atoms with Gasteiger partial charge in [0.2, 0.25) is 6.29 Å². The normalized spacial score (nSPS) is 10.1. The van der Waals surface area contributed by atoms with E-state index in [4.69, 9.17) is 0 Å². The van der Waals surface area contributed by atoms with Crippen LogP contribution in [0, 0.1) is 0 Å². The van der Waals surface area contributed by atoms with Crippen molar-refractivity contribution >= 4 is 6.29 Å². The first-order valence-corrected chi connectivity index (χ1v) is 3.43. The standard InChI is InChI=1S/C7H14NO/c1-3-7(4-2)8-5-6-9/h7-8H,3-5H2,1-2H3. The number of rotatable bonds is 5. The summed E-state index contributed by atoms with van der Waals surface area (Å²) >= 11 is 0. The van der Waals surface area contributed by atoms with Crippen molar-refractivity contribution in [3.05, 3.63) is 0 Å². The summed E-state index contributed by atoms with van der Waals surface area (Å²) in [7, 11) is 0. The maximum Gasteiger partial charge on any atom is 0.213 e. The summed E-state index contributed by atoms with van der Waals surface area (Å²) in [5.74, 6) is 0. The lowest BCUT2D eigenvalue weighted by Gasteiger charge is -2.10. The van der Waals surface area contributed by atoms with E-state index in [1.54, 1.807) is 6.29 Å². The molecular formula is C7H14NO. The van der Waals surface area contributed by atoms with Crippen LogP contribution in [0.25, 0.3) is 0 Å². The smallest absolute Gasteiger partial charge is 0.213 e. The van der Waals surface area contributed by atoms with Gasteiger partial charge in [-0.05, 0) is 12.8 Å². The van der Waals surface area contributed by atoms with E-state index in [2.05, 4.69) is 19.2 Å². The molecule has 1 radical (unpaired) electrons. The lowest BCUT2D eigenvalue weighted by molar-refractivity contribution is 0.496. The number of nitrogens with one attached hydrogen (secondary N) is 1. The molecule has 2 nitrogen and oxygen atoms in total. The second-order valence-electron chi connectivity index (χ2n) is 2.04. The van der Waals surface area contributed by atoms with Crippen LogP contribution >= 0.6 is 0 Å². The predicted molar refractivity (Wildman–Crippen MR) is 38.1 cm³/mol. The molecule has 9 heavy (non-hydrogen) atoms. The molecule has 0 atom stereocenters. The zero-order valence-electron chi connectivity index (χ0n) is 6.11. The van der Waals surface area contributed by atoms with Crippen LogP contribution in [0.4, 0.5) is 0 Å². The fourth-order valence-electron chi connectivity index (χ4n) is 0.763. The molecule has 0 spiro atoms. The average molecular weight is 128 g/mol. The molecule has 0 saturated carbocycles. The van der Waals surface area contributed by atoms with Crippen molar-refractivity contribution in [2.45, 2.75) is 32.7 Å². The minimum Gasteiger partial charge on any atom is -0.307 e. The van der Waals surface area contributed by atoms with Crippen LogP contribution in [-0.2, 0) is 4.79 Å². The van der Waals surface area contributed by atoms with Crippen LogP contribution in [-0.4, -0.2) is 18.9 Å². The molecule has 0 aliphatic rings. The number of hydrogen-bond acceptors (Lipinski definition) is 2. The summed E-state index contributed by atoms with van der Waals surface area (Å²) in [5.41, 5.74) is 0. The average Bonchev–Trinajstić information content (AvgIpc) is 1.91. The number of hydrogen-bond donors (Lipinski definition) is 1. The van der Waals surface area contributed by atoms with Crippen molar-refractivity contribution in [1.82, 2.24) is 5.32 Å². The van der Waals surface area contributed by atoms with Crippen molar-refractivity contribution in [1.29, 1.82) is 0 Å². The summed E-state index contributed by atoms with van der Waals surface area (Å²) in [5, 5.41) is 3.05. The molecule has 0 bridgehead atoms. The van der Waals surface area contributed by atoms with Crippen molar-refractivity contribution in [2.24, 2.45) is 0 Å². The Morgan fingerprint density at radius 3 is 2.33 bits per heavy atom. The Labute approximate surface area is 56.6 Å². The fraction of sp³-hybridized carbons (Fsp3) is 0.857. The van der Waals surface area contributed by atoms with Crippen LogP contribution in [0.5, 0.6) is 0 Å². The molecule has 53 valence electrons. The van der Waals surface area contributed by atoms with E-state index in [0.29, 0.717) is 12.6 Å². The quantitative estimate of drug-likeness (QED) is 0.595. The maximum atomic E-state index is 9.75. The van der Waals surface area contributed by atoms with Gasteiger partial charge >= 0.3 is 0 Å². The SMILES string of the molecule is CCC(CC)NC[C]=O. The van der Waals surface area contributed by atoms with Gasteiger partial charge < -0.3 is 5.32 Å². The van der Waals surface area contributed by atoms with Gasteiger partial charge in [0.15, 0.2) is 0 Å². The molecule has 2 heteroatoms. The Kier molecular flexibility index (Phi) is 5.52. The summed E-state index contributed by atoms with van der Waals surface area (Å²) in [6, 6.07) is 0.492. The Hall–Kier alpha value is -0.370. The Morgan fingerprint density at radius 1 is 1.44 bits per heavy atom.